The zero-order chi connectivity index (χ0) is 22.3. The van der Waals surface area contributed by atoms with Gasteiger partial charge in [0.05, 0.1) is 10.6 Å². The predicted molar refractivity (Wildman–Crippen MR) is 124 cm³/mol. The van der Waals surface area contributed by atoms with Gasteiger partial charge in [0.15, 0.2) is 5.75 Å². The van der Waals surface area contributed by atoms with Gasteiger partial charge < -0.3 is 9.64 Å². The molecule has 8 heteroatoms. The highest BCUT2D eigenvalue weighted by molar-refractivity contribution is 7.92. The van der Waals surface area contributed by atoms with Crippen LogP contribution in [0, 0.1) is 5.92 Å². The first-order chi connectivity index (χ1) is 15.4. The summed E-state index contributed by atoms with van der Waals surface area (Å²) >= 11 is 6.12. The fraction of sp³-hybridized carbons (Fsp3) is 0.208. The number of ether oxygens (including phenoxy) is 1. The first-order valence-corrected chi connectivity index (χ1v) is 12.3. The number of carbonyl (C=O) groups is 1. The van der Waals surface area contributed by atoms with Crippen LogP contribution in [0.15, 0.2) is 71.6 Å². The summed E-state index contributed by atoms with van der Waals surface area (Å²) < 4.78 is 34.8. The summed E-state index contributed by atoms with van der Waals surface area (Å²) in [6.45, 7) is 0.588. The number of amides is 1. The van der Waals surface area contributed by atoms with E-state index in [1.807, 2.05) is 18.2 Å². The molecule has 32 heavy (non-hydrogen) atoms. The van der Waals surface area contributed by atoms with Gasteiger partial charge in [-0.3, -0.25) is 9.52 Å². The van der Waals surface area contributed by atoms with Crippen molar-refractivity contribution in [2.45, 2.75) is 24.2 Å². The van der Waals surface area contributed by atoms with Crippen LogP contribution in [0.25, 0.3) is 0 Å². The Hall–Kier alpha value is -3.03. The maximum atomic E-state index is 13.2. The minimum absolute atomic E-state index is 0.122. The van der Waals surface area contributed by atoms with Gasteiger partial charge in [0.25, 0.3) is 10.0 Å². The fourth-order valence-corrected chi connectivity index (χ4v) is 5.10. The van der Waals surface area contributed by atoms with E-state index in [1.165, 1.54) is 12.1 Å². The molecule has 2 aliphatic rings. The molecule has 0 unspecified atom stereocenters. The summed E-state index contributed by atoms with van der Waals surface area (Å²) in [4.78, 5) is 14.4. The molecule has 0 atom stereocenters. The van der Waals surface area contributed by atoms with Crippen LogP contribution < -0.4 is 14.4 Å². The van der Waals surface area contributed by atoms with E-state index >= 15 is 0 Å². The fourth-order valence-electron chi connectivity index (χ4n) is 3.82. The summed E-state index contributed by atoms with van der Waals surface area (Å²) in [6, 6.07) is 18.7. The maximum absolute atomic E-state index is 13.2. The van der Waals surface area contributed by atoms with Crippen LogP contribution in [-0.4, -0.2) is 20.9 Å². The van der Waals surface area contributed by atoms with Gasteiger partial charge in [0, 0.05) is 23.2 Å². The van der Waals surface area contributed by atoms with Gasteiger partial charge in [-0.25, -0.2) is 8.42 Å². The van der Waals surface area contributed by atoms with Crippen LogP contribution in [0.5, 0.6) is 11.5 Å². The van der Waals surface area contributed by atoms with Crippen LogP contribution >= 0.6 is 11.6 Å². The quantitative estimate of drug-likeness (QED) is 0.537. The molecule has 5 rings (SSSR count). The molecule has 0 spiro atoms. The second-order valence-electron chi connectivity index (χ2n) is 7.97. The number of benzene rings is 3. The monoisotopic (exact) mass is 468 g/mol. The van der Waals surface area contributed by atoms with E-state index in [4.69, 9.17) is 16.3 Å². The zero-order valence-electron chi connectivity index (χ0n) is 17.1. The number of hydrogen-bond acceptors (Lipinski definition) is 4. The van der Waals surface area contributed by atoms with Crippen molar-refractivity contribution in [1.82, 2.24) is 0 Å². The molecule has 0 bridgehead atoms. The lowest BCUT2D eigenvalue weighted by atomic mass is 10.2. The Labute approximate surface area is 191 Å². The standard InChI is InChI=1S/C24H21ClN2O4S/c25-18-8-11-23(31-19-4-2-1-3-5-19)21(15-18)26-32(29,30)20-9-10-22-17(14-20)12-13-27(22)24(28)16-6-7-16/h1-5,8-11,14-16,26H,6-7,12-13H2. The number of halogens is 1. The lowest BCUT2D eigenvalue weighted by Crippen LogP contribution is -2.30. The van der Waals surface area contributed by atoms with E-state index in [-0.39, 0.29) is 22.4 Å². The molecule has 1 aliphatic carbocycles. The van der Waals surface area contributed by atoms with Gasteiger partial charge >= 0.3 is 0 Å². The molecule has 3 aromatic rings. The SMILES string of the molecule is O=C(C1CC1)N1CCc2cc(S(=O)(=O)Nc3cc(Cl)ccc3Oc3ccccc3)ccc21. The molecule has 1 aliphatic heterocycles. The second-order valence-corrected chi connectivity index (χ2v) is 10.1. The van der Waals surface area contributed by atoms with Gasteiger partial charge in [-0.05, 0) is 73.4 Å². The van der Waals surface area contributed by atoms with E-state index in [0.717, 1.165) is 24.1 Å². The topological polar surface area (TPSA) is 75.7 Å². The number of rotatable bonds is 6. The lowest BCUT2D eigenvalue weighted by molar-refractivity contribution is -0.119. The second kappa shape index (κ2) is 8.15. The largest absolute Gasteiger partial charge is 0.455 e. The zero-order valence-corrected chi connectivity index (χ0v) is 18.7. The van der Waals surface area contributed by atoms with Crippen LogP contribution in [0.2, 0.25) is 5.02 Å². The molecule has 1 saturated carbocycles. The molecule has 164 valence electrons. The van der Waals surface area contributed by atoms with Gasteiger partial charge in [-0.2, -0.15) is 0 Å². The van der Waals surface area contributed by atoms with Crippen molar-refractivity contribution in [2.75, 3.05) is 16.2 Å². The highest BCUT2D eigenvalue weighted by atomic mass is 35.5. The van der Waals surface area contributed by atoms with Crippen LogP contribution in [0.1, 0.15) is 18.4 Å². The lowest BCUT2D eigenvalue weighted by Gasteiger charge is -2.18. The summed E-state index contributed by atoms with van der Waals surface area (Å²) in [7, 11) is -3.90. The number of para-hydroxylation sites is 1. The Balaban J connectivity index is 1.41. The van der Waals surface area contributed by atoms with Crippen molar-refractivity contribution in [3.63, 3.8) is 0 Å². The van der Waals surface area contributed by atoms with Crippen molar-refractivity contribution in [1.29, 1.82) is 0 Å². The molecule has 1 amide bonds. The van der Waals surface area contributed by atoms with E-state index in [9.17, 15) is 13.2 Å². The number of hydrogen-bond donors (Lipinski definition) is 1. The van der Waals surface area contributed by atoms with Crippen molar-refractivity contribution in [3.8, 4) is 11.5 Å². The molecule has 6 nitrogen and oxygen atoms in total. The average Bonchev–Trinajstić information content (AvgIpc) is 3.54. The Bertz CT molecular complexity index is 1290. The molecule has 1 heterocycles. The number of anilines is 2. The number of nitrogens with one attached hydrogen (secondary N) is 1. The van der Waals surface area contributed by atoms with E-state index < -0.39 is 10.0 Å². The molecule has 1 fully saturated rings. The first kappa shape index (κ1) is 20.8. The molecule has 3 aromatic carbocycles. The highest BCUT2D eigenvalue weighted by Crippen LogP contribution is 2.38. The van der Waals surface area contributed by atoms with Crippen molar-refractivity contribution >= 4 is 38.9 Å². The number of nitrogens with zero attached hydrogens (tertiary/aromatic N) is 1. The Morgan fingerprint density at radius 2 is 1.81 bits per heavy atom. The Morgan fingerprint density at radius 1 is 1.03 bits per heavy atom. The third-order valence-electron chi connectivity index (χ3n) is 5.61. The van der Waals surface area contributed by atoms with Crippen LogP contribution in [0.3, 0.4) is 0 Å². The summed E-state index contributed by atoms with van der Waals surface area (Å²) in [5.74, 6) is 1.18. The number of fused-ring (bicyclic) bond motifs is 1. The van der Waals surface area contributed by atoms with Gasteiger partial charge in [0.2, 0.25) is 5.91 Å². The highest BCUT2D eigenvalue weighted by Gasteiger charge is 2.36. The van der Waals surface area contributed by atoms with Gasteiger partial charge in [-0.15, -0.1) is 0 Å². The summed E-state index contributed by atoms with van der Waals surface area (Å²) in [5, 5.41) is 0.381. The van der Waals surface area contributed by atoms with Crippen molar-refractivity contribution < 1.29 is 17.9 Å². The van der Waals surface area contributed by atoms with Crippen LogP contribution in [-0.2, 0) is 21.2 Å². The third-order valence-corrected chi connectivity index (χ3v) is 7.20. The van der Waals surface area contributed by atoms with E-state index in [1.54, 1.807) is 41.3 Å². The minimum atomic E-state index is -3.90. The molecule has 0 radical (unpaired) electrons. The Kier molecular flexibility index (Phi) is 5.31. The van der Waals surface area contributed by atoms with Crippen molar-refractivity contribution in [3.05, 3.63) is 77.3 Å². The van der Waals surface area contributed by atoms with E-state index in [2.05, 4.69) is 4.72 Å². The van der Waals surface area contributed by atoms with E-state index in [0.29, 0.717) is 29.5 Å². The molecule has 1 N–H and O–H groups in total. The predicted octanol–water partition coefficient (Wildman–Crippen LogP) is 5.23. The third kappa shape index (κ3) is 4.18. The normalized spacial score (nSPS) is 15.3. The molecule has 0 saturated heterocycles. The van der Waals surface area contributed by atoms with Crippen molar-refractivity contribution in [2.24, 2.45) is 5.92 Å². The molecular weight excluding hydrogens is 448 g/mol. The minimum Gasteiger partial charge on any atom is -0.455 e. The van der Waals surface area contributed by atoms with Crippen LogP contribution in [0.4, 0.5) is 11.4 Å². The summed E-state index contributed by atoms with van der Waals surface area (Å²) in [5.41, 5.74) is 1.90. The van der Waals surface area contributed by atoms with Gasteiger partial charge in [0.1, 0.15) is 5.75 Å². The Morgan fingerprint density at radius 3 is 2.56 bits per heavy atom. The molecule has 0 aromatic heterocycles. The number of carbonyl (C=O) groups excluding carboxylic acids is 1. The average molecular weight is 469 g/mol. The number of sulfonamides is 1. The molecular formula is C24H21ClN2O4S. The summed E-state index contributed by atoms with van der Waals surface area (Å²) in [6.07, 6.45) is 2.51. The maximum Gasteiger partial charge on any atom is 0.262 e. The van der Waals surface area contributed by atoms with Gasteiger partial charge in [-0.1, -0.05) is 29.8 Å². The first-order valence-electron chi connectivity index (χ1n) is 10.4. The smallest absolute Gasteiger partial charge is 0.262 e.